The standard InChI is InChI=1S/C21H21N5OS2/c1-13-8-9-15-16(10-13)29-19-18(15)20(27)26(14-6-4-3-5-7-14)21(24-19)28-11-17-22-12-23-25(17)2/h3-7,12-13H,8-11H2,1-2H3. The lowest BCUT2D eigenvalue weighted by molar-refractivity contribution is 0.509. The Balaban J connectivity index is 1.68. The summed E-state index contributed by atoms with van der Waals surface area (Å²) in [4.78, 5) is 25.1. The number of fused-ring (bicyclic) bond motifs is 3. The highest BCUT2D eigenvalue weighted by Gasteiger charge is 2.25. The van der Waals surface area contributed by atoms with Gasteiger partial charge in [-0.3, -0.25) is 14.0 Å². The molecule has 1 aliphatic carbocycles. The smallest absolute Gasteiger partial charge is 0.267 e. The Labute approximate surface area is 176 Å². The van der Waals surface area contributed by atoms with E-state index in [9.17, 15) is 4.79 Å². The average Bonchev–Trinajstić information content (AvgIpc) is 3.29. The molecular weight excluding hydrogens is 402 g/mol. The van der Waals surface area contributed by atoms with Gasteiger partial charge in [0.2, 0.25) is 0 Å². The molecule has 0 bridgehead atoms. The van der Waals surface area contributed by atoms with Crippen molar-refractivity contribution in [1.82, 2.24) is 24.3 Å². The number of hydrogen-bond donors (Lipinski definition) is 0. The predicted molar refractivity (Wildman–Crippen MR) is 117 cm³/mol. The topological polar surface area (TPSA) is 65.6 Å². The van der Waals surface area contributed by atoms with Crippen molar-refractivity contribution in [3.63, 3.8) is 0 Å². The van der Waals surface area contributed by atoms with Gasteiger partial charge in [-0.05, 0) is 42.9 Å². The van der Waals surface area contributed by atoms with Crippen LogP contribution in [-0.4, -0.2) is 24.3 Å². The van der Waals surface area contributed by atoms with Gasteiger partial charge in [-0.1, -0.05) is 36.9 Å². The Morgan fingerprint density at radius 2 is 2.10 bits per heavy atom. The van der Waals surface area contributed by atoms with Gasteiger partial charge < -0.3 is 0 Å². The number of aromatic nitrogens is 5. The number of nitrogens with zero attached hydrogens (tertiary/aromatic N) is 5. The number of benzene rings is 1. The molecule has 5 rings (SSSR count). The summed E-state index contributed by atoms with van der Waals surface area (Å²) < 4.78 is 3.51. The minimum atomic E-state index is 0.0359. The number of hydrogen-bond acceptors (Lipinski definition) is 6. The number of aryl methyl sites for hydroxylation is 2. The quantitative estimate of drug-likeness (QED) is 0.367. The van der Waals surface area contributed by atoms with Crippen LogP contribution in [0.15, 0.2) is 46.6 Å². The van der Waals surface area contributed by atoms with Gasteiger partial charge in [0.05, 0.1) is 16.8 Å². The molecule has 1 aliphatic rings. The Kier molecular flexibility index (Phi) is 4.75. The Hall–Kier alpha value is -2.45. The van der Waals surface area contributed by atoms with Crippen LogP contribution in [0.5, 0.6) is 0 Å². The van der Waals surface area contributed by atoms with Gasteiger partial charge in [-0.15, -0.1) is 11.3 Å². The summed E-state index contributed by atoms with van der Waals surface area (Å²) in [6.07, 6.45) is 4.69. The zero-order valence-corrected chi connectivity index (χ0v) is 18.0. The largest absolute Gasteiger partial charge is 0.268 e. The lowest BCUT2D eigenvalue weighted by Gasteiger charge is -2.17. The second-order valence-corrected chi connectivity index (χ2v) is 9.52. The van der Waals surface area contributed by atoms with Gasteiger partial charge >= 0.3 is 0 Å². The summed E-state index contributed by atoms with van der Waals surface area (Å²) in [5.74, 6) is 2.11. The maximum Gasteiger partial charge on any atom is 0.267 e. The Bertz CT molecular complexity index is 1240. The molecule has 1 aromatic carbocycles. The zero-order valence-electron chi connectivity index (χ0n) is 16.3. The van der Waals surface area contributed by atoms with Gasteiger partial charge in [0.15, 0.2) is 5.16 Å². The molecule has 0 N–H and O–H groups in total. The summed E-state index contributed by atoms with van der Waals surface area (Å²) in [6, 6.07) is 9.78. The highest BCUT2D eigenvalue weighted by molar-refractivity contribution is 7.98. The van der Waals surface area contributed by atoms with Gasteiger partial charge in [-0.25, -0.2) is 9.97 Å². The van der Waals surface area contributed by atoms with E-state index in [2.05, 4.69) is 17.0 Å². The second-order valence-electron chi connectivity index (χ2n) is 7.49. The van der Waals surface area contributed by atoms with Crippen LogP contribution in [0.1, 0.15) is 29.6 Å². The molecule has 3 heterocycles. The number of para-hydroxylation sites is 1. The molecule has 0 radical (unpaired) electrons. The fourth-order valence-corrected chi connectivity index (χ4v) is 6.28. The molecule has 4 aromatic rings. The molecule has 0 saturated carbocycles. The maximum absolute atomic E-state index is 13.7. The van der Waals surface area contributed by atoms with E-state index in [4.69, 9.17) is 4.98 Å². The van der Waals surface area contributed by atoms with Gasteiger partial charge in [0, 0.05) is 11.9 Å². The lowest BCUT2D eigenvalue weighted by Crippen LogP contribution is -2.22. The van der Waals surface area contributed by atoms with Crippen LogP contribution in [0, 0.1) is 5.92 Å². The highest BCUT2D eigenvalue weighted by Crippen LogP contribution is 2.37. The van der Waals surface area contributed by atoms with Gasteiger partial charge in [-0.2, -0.15) is 5.10 Å². The monoisotopic (exact) mass is 423 g/mol. The number of thiophene rings is 1. The lowest BCUT2D eigenvalue weighted by atomic mass is 9.89. The van der Waals surface area contributed by atoms with Gasteiger partial charge in [0.25, 0.3) is 5.56 Å². The average molecular weight is 424 g/mol. The Morgan fingerprint density at radius 3 is 2.86 bits per heavy atom. The molecule has 0 saturated heterocycles. The van der Waals surface area contributed by atoms with Crippen molar-refractivity contribution in [1.29, 1.82) is 0 Å². The SMILES string of the molecule is CC1CCc2c(sc3nc(SCc4ncnn4C)n(-c4ccccc4)c(=O)c23)C1. The summed E-state index contributed by atoms with van der Waals surface area (Å²) in [7, 11) is 1.87. The molecule has 0 fully saturated rings. The molecule has 0 spiro atoms. The van der Waals surface area contributed by atoms with Crippen LogP contribution >= 0.6 is 23.1 Å². The Morgan fingerprint density at radius 1 is 1.28 bits per heavy atom. The third-order valence-electron chi connectivity index (χ3n) is 5.45. The molecule has 1 unspecified atom stereocenters. The summed E-state index contributed by atoms with van der Waals surface area (Å²) >= 11 is 3.22. The molecule has 3 aromatic heterocycles. The third-order valence-corrected chi connectivity index (χ3v) is 7.53. The van der Waals surface area contributed by atoms with Crippen LogP contribution in [0.2, 0.25) is 0 Å². The van der Waals surface area contributed by atoms with E-state index in [-0.39, 0.29) is 5.56 Å². The minimum Gasteiger partial charge on any atom is -0.268 e. The molecule has 8 heteroatoms. The molecular formula is C21H21N5OS2. The van der Waals surface area contributed by atoms with E-state index >= 15 is 0 Å². The summed E-state index contributed by atoms with van der Waals surface area (Å²) in [5, 5.41) is 5.64. The zero-order chi connectivity index (χ0) is 20.0. The van der Waals surface area contributed by atoms with Crippen molar-refractivity contribution in [2.24, 2.45) is 13.0 Å². The molecule has 1 atom stereocenters. The molecule has 0 aliphatic heterocycles. The van der Waals surface area contributed by atoms with Crippen LogP contribution in [-0.2, 0) is 25.6 Å². The van der Waals surface area contributed by atoms with E-state index in [1.807, 2.05) is 37.4 Å². The van der Waals surface area contributed by atoms with Gasteiger partial charge in [0.1, 0.15) is 17.0 Å². The normalized spacial score (nSPS) is 16.3. The van der Waals surface area contributed by atoms with Crippen molar-refractivity contribution >= 4 is 33.3 Å². The summed E-state index contributed by atoms with van der Waals surface area (Å²) in [5.41, 5.74) is 2.10. The van der Waals surface area contributed by atoms with Crippen LogP contribution in [0.25, 0.3) is 15.9 Å². The maximum atomic E-state index is 13.7. The third kappa shape index (κ3) is 3.30. The number of thioether (sulfide) groups is 1. The second kappa shape index (κ2) is 7.42. The number of rotatable bonds is 4. The minimum absolute atomic E-state index is 0.0359. The van der Waals surface area contributed by atoms with Crippen molar-refractivity contribution in [3.05, 3.63) is 63.3 Å². The fraction of sp³-hybridized carbons (Fsp3) is 0.333. The van der Waals surface area contributed by atoms with Crippen molar-refractivity contribution in [3.8, 4) is 5.69 Å². The molecule has 29 heavy (non-hydrogen) atoms. The molecule has 0 amide bonds. The van der Waals surface area contributed by atoms with E-state index in [0.29, 0.717) is 16.8 Å². The first kappa shape index (κ1) is 18.6. The first-order valence-electron chi connectivity index (χ1n) is 9.70. The summed E-state index contributed by atoms with van der Waals surface area (Å²) in [6.45, 7) is 2.28. The van der Waals surface area contributed by atoms with Crippen LogP contribution < -0.4 is 5.56 Å². The first-order chi connectivity index (χ1) is 14.1. The van der Waals surface area contributed by atoms with Crippen molar-refractivity contribution in [2.45, 2.75) is 37.1 Å². The van der Waals surface area contributed by atoms with E-state index in [1.54, 1.807) is 26.9 Å². The van der Waals surface area contributed by atoms with Crippen LogP contribution in [0.4, 0.5) is 0 Å². The molecule has 148 valence electrons. The van der Waals surface area contributed by atoms with E-state index in [1.165, 1.54) is 22.2 Å². The first-order valence-corrected chi connectivity index (χ1v) is 11.5. The van der Waals surface area contributed by atoms with Crippen molar-refractivity contribution < 1.29 is 0 Å². The predicted octanol–water partition coefficient (Wildman–Crippen LogP) is 3.99. The van der Waals surface area contributed by atoms with E-state index < -0.39 is 0 Å². The molecule has 6 nitrogen and oxygen atoms in total. The van der Waals surface area contributed by atoms with Crippen molar-refractivity contribution in [2.75, 3.05) is 0 Å². The highest BCUT2D eigenvalue weighted by atomic mass is 32.2. The van der Waals surface area contributed by atoms with E-state index in [0.717, 1.165) is 41.0 Å². The fourth-order valence-electron chi connectivity index (χ4n) is 3.85. The van der Waals surface area contributed by atoms with Crippen LogP contribution in [0.3, 0.4) is 0 Å².